The second kappa shape index (κ2) is 5.34. The zero-order chi connectivity index (χ0) is 15.0. The van der Waals surface area contributed by atoms with Crippen LogP contribution in [0, 0.1) is 0 Å². The van der Waals surface area contributed by atoms with Crippen LogP contribution in [0.4, 0.5) is 11.5 Å². The predicted octanol–water partition coefficient (Wildman–Crippen LogP) is 2.77. The Morgan fingerprint density at radius 2 is 1.95 bits per heavy atom. The van der Waals surface area contributed by atoms with E-state index in [4.69, 9.17) is 11.6 Å². The summed E-state index contributed by atoms with van der Waals surface area (Å²) in [6, 6.07) is 6.64. The van der Waals surface area contributed by atoms with Gasteiger partial charge < -0.3 is 5.32 Å². The third-order valence-corrected chi connectivity index (χ3v) is 3.70. The van der Waals surface area contributed by atoms with Crippen LogP contribution in [0.2, 0.25) is 5.02 Å². The third-order valence-electron chi connectivity index (χ3n) is 2.89. The molecule has 1 aromatic carbocycles. The number of fused-ring (bicyclic) bond motifs is 1. The highest BCUT2D eigenvalue weighted by Gasteiger charge is 2.10. The number of nitrogens with one attached hydrogen (secondary N) is 3. The molecule has 0 spiro atoms. The highest BCUT2D eigenvalue weighted by molar-refractivity contribution is 9.10. The number of halogens is 2. The molecule has 0 saturated heterocycles. The summed E-state index contributed by atoms with van der Waals surface area (Å²) in [6.07, 6.45) is 1.48. The van der Waals surface area contributed by atoms with E-state index in [1.54, 1.807) is 24.3 Å². The summed E-state index contributed by atoms with van der Waals surface area (Å²) in [7, 11) is 0. The Labute approximate surface area is 131 Å². The van der Waals surface area contributed by atoms with Crippen molar-refractivity contribution in [3.05, 3.63) is 60.7 Å². The summed E-state index contributed by atoms with van der Waals surface area (Å²) in [5.74, 6) is 0.492. The van der Waals surface area contributed by atoms with Gasteiger partial charge in [-0.15, -0.1) is 0 Å². The Morgan fingerprint density at radius 1 is 1.19 bits per heavy atom. The maximum Gasteiger partial charge on any atom is 0.272 e. The largest absolute Gasteiger partial charge is 0.339 e. The average Bonchev–Trinajstić information content (AvgIpc) is 2.46. The Balaban J connectivity index is 2.20. The minimum atomic E-state index is -0.391. The fraction of sp³-hybridized carbons (Fsp3) is 0. The summed E-state index contributed by atoms with van der Waals surface area (Å²) in [4.78, 5) is 27.9. The number of aromatic nitrogens is 3. The summed E-state index contributed by atoms with van der Waals surface area (Å²) >= 11 is 9.18. The molecular formula is C13H8BrClN4O2. The molecule has 0 bridgehead atoms. The van der Waals surface area contributed by atoms with Gasteiger partial charge >= 0.3 is 0 Å². The van der Waals surface area contributed by atoms with E-state index in [1.807, 2.05) is 0 Å². The molecule has 3 rings (SSSR count). The fourth-order valence-electron chi connectivity index (χ4n) is 1.97. The highest BCUT2D eigenvalue weighted by Crippen LogP contribution is 2.28. The molecule has 0 saturated carbocycles. The lowest BCUT2D eigenvalue weighted by atomic mass is 10.1. The van der Waals surface area contributed by atoms with Gasteiger partial charge in [-0.2, -0.15) is 0 Å². The van der Waals surface area contributed by atoms with Crippen LogP contribution in [0.5, 0.6) is 0 Å². The zero-order valence-electron chi connectivity index (χ0n) is 10.4. The van der Waals surface area contributed by atoms with Crippen molar-refractivity contribution >= 4 is 49.8 Å². The van der Waals surface area contributed by atoms with Gasteiger partial charge in [0.25, 0.3) is 11.1 Å². The van der Waals surface area contributed by atoms with Crippen LogP contribution in [0.25, 0.3) is 10.8 Å². The first kappa shape index (κ1) is 13.8. The number of anilines is 2. The monoisotopic (exact) mass is 366 g/mol. The van der Waals surface area contributed by atoms with Crippen LogP contribution in [0.3, 0.4) is 0 Å². The summed E-state index contributed by atoms with van der Waals surface area (Å²) in [5.41, 5.74) is -0.274. The molecule has 0 aliphatic heterocycles. The molecule has 6 nitrogen and oxygen atoms in total. The lowest BCUT2D eigenvalue weighted by Crippen LogP contribution is -2.19. The van der Waals surface area contributed by atoms with Gasteiger partial charge in [0.1, 0.15) is 5.82 Å². The van der Waals surface area contributed by atoms with E-state index < -0.39 is 5.56 Å². The van der Waals surface area contributed by atoms with Crippen molar-refractivity contribution in [1.82, 2.24) is 15.2 Å². The van der Waals surface area contributed by atoms with E-state index >= 15 is 0 Å². The summed E-state index contributed by atoms with van der Waals surface area (Å²) < 4.78 is 0.647. The first-order chi connectivity index (χ1) is 10.1. The molecule has 3 aromatic rings. The molecule has 2 aromatic heterocycles. The van der Waals surface area contributed by atoms with Gasteiger partial charge in [-0.1, -0.05) is 17.7 Å². The molecule has 21 heavy (non-hydrogen) atoms. The van der Waals surface area contributed by atoms with Crippen LogP contribution < -0.4 is 16.4 Å². The quantitative estimate of drug-likeness (QED) is 0.649. The standard InChI is InChI=1S/C13H8BrClN4O2/c14-8-4-6(15)5-16-11(8)17-9-3-1-2-7-10(9)13(21)19-18-12(7)20/h1-5H,(H,16,17)(H,18,20)(H,19,21). The molecule has 0 radical (unpaired) electrons. The van der Waals surface area contributed by atoms with Crippen LogP contribution in [0.15, 0.2) is 44.5 Å². The van der Waals surface area contributed by atoms with Crippen molar-refractivity contribution < 1.29 is 0 Å². The van der Waals surface area contributed by atoms with Gasteiger partial charge in [-0.25, -0.2) is 4.98 Å². The topological polar surface area (TPSA) is 90.6 Å². The molecule has 0 aliphatic carbocycles. The van der Waals surface area contributed by atoms with Crippen LogP contribution in [0.1, 0.15) is 0 Å². The maximum atomic E-state index is 12.0. The Morgan fingerprint density at radius 3 is 2.71 bits per heavy atom. The van der Waals surface area contributed by atoms with Gasteiger partial charge in [0.05, 0.1) is 26.0 Å². The zero-order valence-corrected chi connectivity index (χ0v) is 12.7. The minimum absolute atomic E-state index is 0.268. The number of aromatic amines is 2. The first-order valence-corrected chi connectivity index (χ1v) is 7.05. The predicted molar refractivity (Wildman–Crippen MR) is 85.4 cm³/mol. The van der Waals surface area contributed by atoms with E-state index in [1.165, 1.54) is 6.20 Å². The van der Waals surface area contributed by atoms with Gasteiger partial charge in [0, 0.05) is 6.20 Å². The molecule has 0 unspecified atom stereocenters. The number of benzene rings is 1. The van der Waals surface area contributed by atoms with Crippen molar-refractivity contribution in [3.8, 4) is 0 Å². The number of H-pyrrole nitrogens is 2. The van der Waals surface area contributed by atoms with Crippen LogP contribution >= 0.6 is 27.5 Å². The van der Waals surface area contributed by atoms with Gasteiger partial charge in [-0.3, -0.25) is 19.8 Å². The molecule has 8 heteroatoms. The molecule has 0 amide bonds. The number of hydrogen-bond acceptors (Lipinski definition) is 4. The van der Waals surface area contributed by atoms with Crippen molar-refractivity contribution in [2.45, 2.75) is 0 Å². The van der Waals surface area contributed by atoms with Crippen molar-refractivity contribution in [2.24, 2.45) is 0 Å². The van der Waals surface area contributed by atoms with E-state index in [-0.39, 0.29) is 10.9 Å². The number of rotatable bonds is 2. The van der Waals surface area contributed by atoms with E-state index in [0.717, 1.165) is 0 Å². The van der Waals surface area contributed by atoms with Crippen molar-refractivity contribution in [2.75, 3.05) is 5.32 Å². The SMILES string of the molecule is O=c1[nH][nH]c(=O)c2c(Nc3ncc(Cl)cc3Br)cccc12. The maximum absolute atomic E-state index is 12.0. The highest BCUT2D eigenvalue weighted by atomic mass is 79.9. The lowest BCUT2D eigenvalue weighted by Gasteiger charge is -2.09. The Kier molecular flexibility index (Phi) is 3.52. The van der Waals surface area contributed by atoms with Gasteiger partial charge in [0.2, 0.25) is 0 Å². The molecule has 0 fully saturated rings. The van der Waals surface area contributed by atoms with E-state index in [2.05, 4.69) is 36.4 Å². The van der Waals surface area contributed by atoms with Gasteiger partial charge in [0.15, 0.2) is 0 Å². The second-order valence-electron chi connectivity index (χ2n) is 4.25. The second-order valence-corrected chi connectivity index (χ2v) is 5.54. The smallest absolute Gasteiger partial charge is 0.272 e. The molecule has 2 heterocycles. The Bertz CT molecular complexity index is 951. The van der Waals surface area contributed by atoms with Gasteiger partial charge in [-0.05, 0) is 34.1 Å². The lowest BCUT2D eigenvalue weighted by molar-refractivity contribution is 0.977. The molecule has 3 N–H and O–H groups in total. The Hall–Kier alpha value is -2.12. The number of nitrogens with zero attached hydrogens (tertiary/aromatic N) is 1. The van der Waals surface area contributed by atoms with Crippen molar-refractivity contribution in [3.63, 3.8) is 0 Å². The van der Waals surface area contributed by atoms with Crippen molar-refractivity contribution in [1.29, 1.82) is 0 Å². The summed E-state index contributed by atoms with van der Waals surface area (Å²) in [5, 5.41) is 8.67. The third kappa shape index (κ3) is 2.57. The molecular weight excluding hydrogens is 360 g/mol. The van der Waals surface area contributed by atoms with E-state index in [9.17, 15) is 9.59 Å². The van der Waals surface area contributed by atoms with Crippen LogP contribution in [-0.4, -0.2) is 15.2 Å². The minimum Gasteiger partial charge on any atom is -0.339 e. The average molecular weight is 368 g/mol. The number of pyridine rings is 1. The fourth-order valence-corrected chi connectivity index (χ4v) is 2.71. The van der Waals surface area contributed by atoms with E-state index in [0.29, 0.717) is 26.4 Å². The molecule has 0 aliphatic rings. The number of hydrogen-bond donors (Lipinski definition) is 3. The van der Waals surface area contributed by atoms with Crippen LogP contribution in [-0.2, 0) is 0 Å². The molecule has 0 atom stereocenters. The summed E-state index contributed by atoms with van der Waals surface area (Å²) in [6.45, 7) is 0. The first-order valence-electron chi connectivity index (χ1n) is 5.88. The molecule has 106 valence electrons. The normalized spacial score (nSPS) is 10.8.